The topological polar surface area (TPSA) is 67.1 Å². The Bertz CT molecular complexity index is 362. The van der Waals surface area contributed by atoms with Gasteiger partial charge in [0, 0.05) is 28.3 Å². The number of amides is 2. The van der Waals surface area contributed by atoms with Crippen LogP contribution in [0.25, 0.3) is 0 Å². The van der Waals surface area contributed by atoms with E-state index in [-0.39, 0.29) is 12.1 Å². The van der Waals surface area contributed by atoms with Gasteiger partial charge in [0.1, 0.15) is 0 Å². The summed E-state index contributed by atoms with van der Waals surface area (Å²) < 4.78 is 0. The van der Waals surface area contributed by atoms with E-state index in [4.69, 9.17) is 28.9 Å². The number of benzene rings is 1. The molecule has 0 aromatic heterocycles. The number of anilines is 1. The normalized spacial score (nSPS) is 12.0. The fraction of sp³-hybridized carbons (Fsp3) is 0.300. The van der Waals surface area contributed by atoms with E-state index in [1.165, 1.54) is 0 Å². The van der Waals surface area contributed by atoms with Crippen molar-refractivity contribution >= 4 is 34.9 Å². The van der Waals surface area contributed by atoms with Gasteiger partial charge in [0.25, 0.3) is 0 Å². The minimum Gasteiger partial charge on any atom is -0.336 e. The SMILES string of the molecule is CC(N)CNC(=O)Nc1cc(Cl)cc(Cl)c1. The number of rotatable bonds is 3. The smallest absolute Gasteiger partial charge is 0.319 e. The van der Waals surface area contributed by atoms with E-state index in [1.54, 1.807) is 25.1 Å². The van der Waals surface area contributed by atoms with Gasteiger partial charge in [-0.05, 0) is 25.1 Å². The van der Waals surface area contributed by atoms with E-state index in [0.717, 1.165) is 0 Å². The monoisotopic (exact) mass is 261 g/mol. The summed E-state index contributed by atoms with van der Waals surface area (Å²) in [6, 6.07) is 4.38. The summed E-state index contributed by atoms with van der Waals surface area (Å²) in [5, 5.41) is 6.15. The van der Waals surface area contributed by atoms with Crippen molar-refractivity contribution in [3.8, 4) is 0 Å². The summed E-state index contributed by atoms with van der Waals surface area (Å²) in [5.41, 5.74) is 6.04. The lowest BCUT2D eigenvalue weighted by atomic mass is 10.3. The van der Waals surface area contributed by atoms with E-state index in [0.29, 0.717) is 22.3 Å². The van der Waals surface area contributed by atoms with Crippen LogP contribution in [0.5, 0.6) is 0 Å². The third-order valence-corrected chi connectivity index (χ3v) is 2.14. The number of nitrogens with one attached hydrogen (secondary N) is 2. The van der Waals surface area contributed by atoms with Gasteiger partial charge in [-0.15, -0.1) is 0 Å². The number of halogens is 2. The molecule has 0 radical (unpaired) electrons. The molecule has 0 fully saturated rings. The Labute approximate surface area is 104 Å². The first kappa shape index (κ1) is 13.1. The molecule has 0 aliphatic rings. The predicted octanol–water partition coefficient (Wildman–Crippen LogP) is 2.46. The molecule has 0 aliphatic heterocycles. The predicted molar refractivity (Wildman–Crippen MR) is 67.1 cm³/mol. The van der Waals surface area contributed by atoms with Crippen LogP contribution in [0.3, 0.4) is 0 Å². The molecule has 0 saturated carbocycles. The van der Waals surface area contributed by atoms with Gasteiger partial charge in [-0.3, -0.25) is 0 Å². The Morgan fingerprint density at radius 3 is 2.44 bits per heavy atom. The molecular formula is C10H13Cl2N3O. The molecular weight excluding hydrogens is 249 g/mol. The van der Waals surface area contributed by atoms with Gasteiger partial charge >= 0.3 is 6.03 Å². The minimum atomic E-state index is -0.337. The zero-order valence-electron chi connectivity index (χ0n) is 8.76. The summed E-state index contributed by atoms with van der Waals surface area (Å²) >= 11 is 11.6. The third-order valence-electron chi connectivity index (χ3n) is 1.71. The molecule has 88 valence electrons. The van der Waals surface area contributed by atoms with Crippen LogP contribution >= 0.6 is 23.2 Å². The van der Waals surface area contributed by atoms with E-state index >= 15 is 0 Å². The Morgan fingerprint density at radius 2 is 1.94 bits per heavy atom. The van der Waals surface area contributed by atoms with Crippen molar-refractivity contribution in [1.82, 2.24) is 5.32 Å². The van der Waals surface area contributed by atoms with Crippen LogP contribution in [-0.4, -0.2) is 18.6 Å². The number of hydrogen-bond donors (Lipinski definition) is 3. The van der Waals surface area contributed by atoms with Crippen molar-refractivity contribution in [3.05, 3.63) is 28.2 Å². The average Bonchev–Trinajstić information content (AvgIpc) is 2.12. The van der Waals surface area contributed by atoms with Crippen molar-refractivity contribution in [2.75, 3.05) is 11.9 Å². The molecule has 1 aromatic rings. The molecule has 1 unspecified atom stereocenters. The van der Waals surface area contributed by atoms with Crippen LogP contribution < -0.4 is 16.4 Å². The van der Waals surface area contributed by atoms with Crippen molar-refractivity contribution in [2.45, 2.75) is 13.0 Å². The zero-order valence-corrected chi connectivity index (χ0v) is 10.3. The minimum absolute atomic E-state index is 0.0892. The molecule has 4 N–H and O–H groups in total. The fourth-order valence-electron chi connectivity index (χ4n) is 1.05. The Hall–Kier alpha value is -0.970. The van der Waals surface area contributed by atoms with Gasteiger partial charge in [0.05, 0.1) is 0 Å². The molecule has 0 spiro atoms. The van der Waals surface area contributed by atoms with E-state index in [9.17, 15) is 4.79 Å². The molecule has 4 nitrogen and oxygen atoms in total. The molecule has 16 heavy (non-hydrogen) atoms. The van der Waals surface area contributed by atoms with Crippen LogP contribution in [0.15, 0.2) is 18.2 Å². The highest BCUT2D eigenvalue weighted by molar-refractivity contribution is 6.35. The quantitative estimate of drug-likeness (QED) is 0.783. The van der Waals surface area contributed by atoms with Gasteiger partial charge in [0.2, 0.25) is 0 Å². The zero-order chi connectivity index (χ0) is 12.1. The molecule has 0 saturated heterocycles. The molecule has 0 aliphatic carbocycles. The van der Waals surface area contributed by atoms with Gasteiger partial charge in [-0.1, -0.05) is 23.2 Å². The highest BCUT2D eigenvalue weighted by Crippen LogP contribution is 2.22. The lowest BCUT2D eigenvalue weighted by Gasteiger charge is -2.09. The number of carbonyl (C=O) groups excluding carboxylic acids is 1. The fourth-order valence-corrected chi connectivity index (χ4v) is 1.58. The first-order chi connectivity index (χ1) is 7.47. The molecule has 6 heteroatoms. The highest BCUT2D eigenvalue weighted by Gasteiger charge is 2.04. The maximum absolute atomic E-state index is 11.4. The molecule has 0 heterocycles. The number of carbonyl (C=O) groups is 1. The summed E-state index contributed by atoms with van der Waals surface area (Å²) in [6.07, 6.45) is 0. The number of hydrogen-bond acceptors (Lipinski definition) is 2. The first-order valence-electron chi connectivity index (χ1n) is 4.74. The average molecular weight is 262 g/mol. The van der Waals surface area contributed by atoms with Gasteiger partial charge < -0.3 is 16.4 Å². The summed E-state index contributed by atoms with van der Waals surface area (Å²) in [7, 11) is 0. The van der Waals surface area contributed by atoms with Crippen molar-refractivity contribution < 1.29 is 4.79 Å². The standard InChI is InChI=1S/C10H13Cl2N3O/c1-6(13)5-14-10(16)15-9-3-7(11)2-8(12)4-9/h2-4,6H,5,13H2,1H3,(H2,14,15,16). The lowest BCUT2D eigenvalue weighted by Crippen LogP contribution is -2.37. The van der Waals surface area contributed by atoms with E-state index < -0.39 is 0 Å². The van der Waals surface area contributed by atoms with Gasteiger partial charge in [-0.2, -0.15) is 0 Å². The third kappa shape index (κ3) is 4.70. The maximum atomic E-state index is 11.4. The summed E-state index contributed by atoms with van der Waals surface area (Å²) in [6.45, 7) is 2.21. The van der Waals surface area contributed by atoms with Crippen LogP contribution in [0.2, 0.25) is 10.0 Å². The molecule has 1 rings (SSSR count). The second kappa shape index (κ2) is 5.94. The maximum Gasteiger partial charge on any atom is 0.319 e. The van der Waals surface area contributed by atoms with Crippen LogP contribution in [0.1, 0.15) is 6.92 Å². The molecule has 2 amide bonds. The van der Waals surface area contributed by atoms with Gasteiger partial charge in [0.15, 0.2) is 0 Å². The number of nitrogens with two attached hydrogens (primary N) is 1. The molecule has 1 aromatic carbocycles. The van der Waals surface area contributed by atoms with Crippen LogP contribution in [0.4, 0.5) is 10.5 Å². The number of urea groups is 1. The van der Waals surface area contributed by atoms with E-state index in [2.05, 4.69) is 10.6 Å². The van der Waals surface area contributed by atoms with Crippen molar-refractivity contribution in [1.29, 1.82) is 0 Å². The van der Waals surface area contributed by atoms with Crippen molar-refractivity contribution in [3.63, 3.8) is 0 Å². The van der Waals surface area contributed by atoms with E-state index in [1.807, 2.05) is 0 Å². The van der Waals surface area contributed by atoms with Crippen molar-refractivity contribution in [2.24, 2.45) is 5.73 Å². The summed E-state index contributed by atoms with van der Waals surface area (Å²) in [4.78, 5) is 11.4. The van der Waals surface area contributed by atoms with Crippen LogP contribution in [0, 0.1) is 0 Å². The Kier molecular flexibility index (Phi) is 4.86. The Balaban J connectivity index is 2.56. The first-order valence-corrected chi connectivity index (χ1v) is 5.49. The van der Waals surface area contributed by atoms with Gasteiger partial charge in [-0.25, -0.2) is 4.79 Å². The summed E-state index contributed by atoms with van der Waals surface area (Å²) in [5.74, 6) is 0. The Morgan fingerprint density at radius 1 is 1.38 bits per heavy atom. The second-order valence-corrected chi connectivity index (χ2v) is 4.34. The molecule has 1 atom stereocenters. The highest BCUT2D eigenvalue weighted by atomic mass is 35.5. The largest absolute Gasteiger partial charge is 0.336 e. The molecule has 0 bridgehead atoms. The lowest BCUT2D eigenvalue weighted by molar-refractivity contribution is 0.251. The van der Waals surface area contributed by atoms with Crippen LogP contribution in [-0.2, 0) is 0 Å². The second-order valence-electron chi connectivity index (χ2n) is 3.47.